The number of rotatable bonds is 7. The Morgan fingerprint density at radius 2 is 1.27 bits per heavy atom. The Morgan fingerprint density at radius 3 is 1.85 bits per heavy atom. The van der Waals surface area contributed by atoms with Gasteiger partial charge in [0, 0.05) is 5.56 Å². The molecule has 0 atom stereocenters. The summed E-state index contributed by atoms with van der Waals surface area (Å²) in [7, 11) is -4.15. The third-order valence-corrected chi connectivity index (χ3v) is 6.81. The molecule has 0 aromatic heterocycles. The van der Waals surface area contributed by atoms with E-state index in [0.717, 1.165) is 15.4 Å². The van der Waals surface area contributed by atoms with E-state index in [1.165, 1.54) is 12.1 Å². The average Bonchev–Trinajstić information content (AvgIpc) is 2.86. The van der Waals surface area contributed by atoms with Crippen LogP contribution in [0.5, 0.6) is 5.75 Å². The van der Waals surface area contributed by atoms with Gasteiger partial charge in [0.05, 0.1) is 17.2 Å². The van der Waals surface area contributed by atoms with Gasteiger partial charge in [-0.15, -0.1) is 0 Å². The molecule has 166 valence electrons. The number of ether oxygens (including phenoxy) is 1. The van der Waals surface area contributed by atoms with Crippen molar-refractivity contribution in [2.45, 2.75) is 11.8 Å². The summed E-state index contributed by atoms with van der Waals surface area (Å²) in [4.78, 5) is 13.6. The highest BCUT2D eigenvalue weighted by atomic mass is 32.2. The summed E-state index contributed by atoms with van der Waals surface area (Å²) in [5.74, 6) is -0.0411. The lowest BCUT2D eigenvalue weighted by Gasteiger charge is -2.23. The molecule has 0 saturated carbocycles. The maximum Gasteiger partial charge on any atom is 0.272 e. The van der Waals surface area contributed by atoms with E-state index in [9.17, 15) is 13.2 Å². The molecule has 4 aromatic rings. The van der Waals surface area contributed by atoms with Gasteiger partial charge in [-0.3, -0.25) is 4.79 Å². The standard InChI is InChI=1S/C27H23NO4S/c1-2-32-25-19-17-24(18-20-25)28(33(30,31)26-11-7-4-8-12-26)27(29)23-15-13-22(14-16-23)21-9-5-3-6-10-21/h3-20H,2H2,1H3. The molecule has 0 fully saturated rings. The number of benzene rings is 4. The molecular formula is C27H23NO4S. The van der Waals surface area contributed by atoms with E-state index in [2.05, 4.69) is 0 Å². The maximum absolute atomic E-state index is 13.5. The Hall–Kier alpha value is -3.90. The zero-order valence-electron chi connectivity index (χ0n) is 18.1. The number of hydrogen-bond acceptors (Lipinski definition) is 4. The summed E-state index contributed by atoms with van der Waals surface area (Å²) in [6.45, 7) is 2.35. The normalized spacial score (nSPS) is 11.1. The molecule has 0 aliphatic heterocycles. The third-order valence-electron chi connectivity index (χ3n) is 5.09. The fraction of sp³-hybridized carbons (Fsp3) is 0.0741. The molecule has 4 aromatic carbocycles. The summed E-state index contributed by atoms with van der Waals surface area (Å²) in [6, 6.07) is 31.1. The maximum atomic E-state index is 13.5. The van der Waals surface area contributed by atoms with Crippen molar-refractivity contribution in [3.63, 3.8) is 0 Å². The van der Waals surface area contributed by atoms with Gasteiger partial charge in [0.25, 0.3) is 15.9 Å². The van der Waals surface area contributed by atoms with E-state index >= 15 is 0 Å². The van der Waals surface area contributed by atoms with Crippen molar-refractivity contribution in [2.24, 2.45) is 0 Å². The van der Waals surface area contributed by atoms with Gasteiger partial charge >= 0.3 is 0 Å². The third kappa shape index (κ3) is 4.81. The average molecular weight is 458 g/mol. The quantitative estimate of drug-likeness (QED) is 0.352. The van der Waals surface area contributed by atoms with Gasteiger partial charge in [0.15, 0.2) is 0 Å². The molecule has 4 rings (SSSR count). The first-order chi connectivity index (χ1) is 16.0. The molecule has 0 radical (unpaired) electrons. The second-order valence-corrected chi connectivity index (χ2v) is 9.04. The molecular weight excluding hydrogens is 434 g/mol. The van der Waals surface area contributed by atoms with Crippen LogP contribution in [0.3, 0.4) is 0 Å². The first kappa shape index (κ1) is 22.3. The smallest absolute Gasteiger partial charge is 0.272 e. The molecule has 0 unspecified atom stereocenters. The second-order valence-electron chi connectivity index (χ2n) is 7.26. The summed E-state index contributed by atoms with van der Waals surface area (Å²) in [5, 5.41) is 0. The predicted molar refractivity (Wildman–Crippen MR) is 130 cm³/mol. The SMILES string of the molecule is CCOc1ccc(N(C(=O)c2ccc(-c3ccccc3)cc2)S(=O)(=O)c2ccccc2)cc1. The van der Waals surface area contributed by atoms with E-state index in [1.54, 1.807) is 54.6 Å². The summed E-state index contributed by atoms with van der Waals surface area (Å²) < 4.78 is 33.3. The van der Waals surface area contributed by atoms with Gasteiger partial charge in [-0.1, -0.05) is 60.7 Å². The molecule has 5 nitrogen and oxygen atoms in total. The highest BCUT2D eigenvalue weighted by molar-refractivity contribution is 7.93. The van der Waals surface area contributed by atoms with Crippen LogP contribution in [0.1, 0.15) is 17.3 Å². The summed E-state index contributed by atoms with van der Waals surface area (Å²) in [6.07, 6.45) is 0. The molecule has 0 N–H and O–H groups in total. The van der Waals surface area contributed by atoms with Gasteiger partial charge in [-0.05, 0) is 66.6 Å². The fourth-order valence-corrected chi connectivity index (χ4v) is 4.90. The van der Waals surface area contributed by atoms with Gasteiger partial charge in [0.2, 0.25) is 0 Å². The van der Waals surface area contributed by atoms with Crippen molar-refractivity contribution >= 4 is 21.6 Å². The van der Waals surface area contributed by atoms with Gasteiger partial charge < -0.3 is 4.74 Å². The van der Waals surface area contributed by atoms with Crippen molar-refractivity contribution in [1.29, 1.82) is 0 Å². The van der Waals surface area contributed by atoms with Crippen LogP contribution in [0.15, 0.2) is 114 Å². The van der Waals surface area contributed by atoms with Gasteiger partial charge in [0.1, 0.15) is 5.75 Å². The van der Waals surface area contributed by atoms with Crippen molar-refractivity contribution in [2.75, 3.05) is 10.9 Å². The number of nitrogens with zero attached hydrogens (tertiary/aromatic N) is 1. The molecule has 0 bridgehead atoms. The molecule has 0 heterocycles. The van der Waals surface area contributed by atoms with Crippen LogP contribution < -0.4 is 9.04 Å². The lowest BCUT2D eigenvalue weighted by atomic mass is 10.0. The molecule has 0 saturated heterocycles. The minimum atomic E-state index is -4.15. The van der Waals surface area contributed by atoms with Crippen molar-refractivity contribution < 1.29 is 17.9 Å². The fourth-order valence-electron chi connectivity index (χ4n) is 3.46. The summed E-state index contributed by atoms with van der Waals surface area (Å²) >= 11 is 0. The Balaban J connectivity index is 1.75. The van der Waals surface area contributed by atoms with E-state index in [0.29, 0.717) is 12.4 Å². The lowest BCUT2D eigenvalue weighted by Crippen LogP contribution is -2.37. The van der Waals surface area contributed by atoms with E-state index in [-0.39, 0.29) is 16.1 Å². The highest BCUT2D eigenvalue weighted by Crippen LogP contribution is 2.28. The zero-order valence-corrected chi connectivity index (χ0v) is 18.9. The molecule has 1 amide bonds. The largest absolute Gasteiger partial charge is 0.494 e. The Kier molecular flexibility index (Phi) is 6.56. The highest BCUT2D eigenvalue weighted by Gasteiger charge is 2.31. The Morgan fingerprint density at radius 1 is 0.727 bits per heavy atom. The number of hydrogen-bond donors (Lipinski definition) is 0. The van der Waals surface area contributed by atoms with Gasteiger partial charge in [-0.25, -0.2) is 8.42 Å². The second kappa shape index (κ2) is 9.71. The van der Waals surface area contributed by atoms with E-state index in [1.807, 2.05) is 49.4 Å². The van der Waals surface area contributed by atoms with Crippen LogP contribution in [0.4, 0.5) is 5.69 Å². The Bertz CT molecular complexity index is 1320. The Labute approximate surface area is 193 Å². The number of anilines is 1. The van der Waals surface area contributed by atoms with Crippen LogP contribution in [0, 0.1) is 0 Å². The summed E-state index contributed by atoms with van der Waals surface area (Å²) in [5.41, 5.74) is 2.45. The first-order valence-electron chi connectivity index (χ1n) is 10.5. The number of amides is 1. The van der Waals surface area contributed by atoms with Crippen LogP contribution >= 0.6 is 0 Å². The molecule has 0 spiro atoms. The zero-order chi connectivity index (χ0) is 23.3. The number of sulfonamides is 1. The van der Waals surface area contributed by atoms with Crippen molar-refractivity contribution in [3.05, 3.63) is 115 Å². The monoisotopic (exact) mass is 457 g/mol. The van der Waals surface area contributed by atoms with Gasteiger partial charge in [-0.2, -0.15) is 4.31 Å². The minimum Gasteiger partial charge on any atom is -0.494 e. The number of carbonyl (C=O) groups excluding carboxylic acids is 1. The molecule has 6 heteroatoms. The first-order valence-corrected chi connectivity index (χ1v) is 12.0. The van der Waals surface area contributed by atoms with E-state index < -0.39 is 15.9 Å². The topological polar surface area (TPSA) is 63.7 Å². The van der Waals surface area contributed by atoms with Crippen LogP contribution in [0.25, 0.3) is 11.1 Å². The minimum absolute atomic E-state index is 0.0353. The predicted octanol–water partition coefficient (Wildman–Crippen LogP) is 5.79. The molecule has 0 aliphatic carbocycles. The molecule has 33 heavy (non-hydrogen) atoms. The van der Waals surface area contributed by atoms with Crippen molar-refractivity contribution in [3.8, 4) is 16.9 Å². The van der Waals surface area contributed by atoms with E-state index in [4.69, 9.17) is 4.74 Å². The van der Waals surface area contributed by atoms with Crippen LogP contribution in [0.2, 0.25) is 0 Å². The van der Waals surface area contributed by atoms with Crippen LogP contribution in [-0.2, 0) is 10.0 Å². The van der Waals surface area contributed by atoms with Crippen LogP contribution in [-0.4, -0.2) is 20.9 Å². The molecule has 0 aliphatic rings. The van der Waals surface area contributed by atoms with Crippen molar-refractivity contribution in [1.82, 2.24) is 0 Å². The lowest BCUT2D eigenvalue weighted by molar-refractivity contribution is 0.101. The number of carbonyl (C=O) groups is 1.